The Morgan fingerprint density at radius 2 is 1.44 bits per heavy atom. The van der Waals surface area contributed by atoms with Crippen LogP contribution in [-0.2, 0) is 28.6 Å². The topological polar surface area (TPSA) is 149 Å². The van der Waals surface area contributed by atoms with Gasteiger partial charge < -0.3 is 28.7 Å². The second-order valence-electron chi connectivity index (χ2n) is 14.3. The van der Waals surface area contributed by atoms with Crippen LogP contribution in [0.3, 0.4) is 0 Å². The second-order valence-corrected chi connectivity index (χ2v) is 15.4. The lowest BCUT2D eigenvalue weighted by atomic mass is 10.0. The zero-order chi connectivity index (χ0) is 45.0. The first-order chi connectivity index (χ1) is 29.9. The number of benzene rings is 3. The summed E-state index contributed by atoms with van der Waals surface area (Å²) in [6, 6.07) is 19.0. The molecule has 0 N–H and O–H groups in total. The number of ether oxygens (including phenoxy) is 4. The van der Waals surface area contributed by atoms with Gasteiger partial charge in [0.25, 0.3) is 5.91 Å². The molecule has 0 bridgehead atoms. The lowest BCUT2D eigenvalue weighted by Gasteiger charge is -2.26. The van der Waals surface area contributed by atoms with E-state index in [1.165, 1.54) is 18.3 Å². The summed E-state index contributed by atoms with van der Waals surface area (Å²) in [7, 11) is 1.78. The van der Waals surface area contributed by atoms with Crippen molar-refractivity contribution in [3.05, 3.63) is 124 Å². The van der Waals surface area contributed by atoms with Crippen LogP contribution in [0.4, 0.5) is 0 Å². The van der Waals surface area contributed by atoms with Gasteiger partial charge in [-0.2, -0.15) is 0 Å². The van der Waals surface area contributed by atoms with E-state index in [-0.39, 0.29) is 61.2 Å². The first-order valence-corrected chi connectivity index (χ1v) is 21.6. The van der Waals surface area contributed by atoms with Gasteiger partial charge in [-0.1, -0.05) is 57.2 Å². The molecule has 4 rings (SSSR count). The van der Waals surface area contributed by atoms with Gasteiger partial charge in [0.15, 0.2) is 17.8 Å². The van der Waals surface area contributed by atoms with Crippen LogP contribution in [0.5, 0.6) is 5.75 Å². The van der Waals surface area contributed by atoms with Crippen molar-refractivity contribution in [2.45, 2.75) is 41.0 Å². The molecule has 0 aliphatic rings. The van der Waals surface area contributed by atoms with E-state index in [0.717, 1.165) is 30.3 Å². The van der Waals surface area contributed by atoms with Gasteiger partial charge in [-0.3, -0.25) is 19.3 Å². The number of nitrogens with zero attached hydrogens (tertiary/aromatic N) is 3. The summed E-state index contributed by atoms with van der Waals surface area (Å²) in [5.74, 6) is -2.01. The molecule has 0 aliphatic heterocycles. The largest absolute Gasteiger partial charge is 0.484 e. The Labute approximate surface area is 367 Å². The van der Waals surface area contributed by atoms with Gasteiger partial charge >= 0.3 is 17.9 Å². The number of carbonyl (C=O) groups excluding carboxylic acids is 5. The molecule has 0 atom stereocenters. The summed E-state index contributed by atoms with van der Waals surface area (Å²) in [6.07, 6.45) is 7.37. The minimum atomic E-state index is -0.754. The molecule has 13 nitrogen and oxygen atoms in total. The predicted molar refractivity (Wildman–Crippen MR) is 243 cm³/mol. The monoisotopic (exact) mass is 867 g/mol. The molecule has 0 spiro atoms. The molecular formula is C48H57N3O10S. The quantitative estimate of drug-likeness (QED) is 0.0181. The van der Waals surface area contributed by atoms with Crippen LogP contribution in [-0.4, -0.2) is 124 Å². The minimum absolute atomic E-state index is 0.0164. The van der Waals surface area contributed by atoms with Crippen LogP contribution >= 0.6 is 11.3 Å². The lowest BCUT2D eigenvalue weighted by Crippen LogP contribution is -2.42. The van der Waals surface area contributed by atoms with Gasteiger partial charge in [-0.25, -0.2) is 14.4 Å². The zero-order valence-corrected chi connectivity index (χ0v) is 37.3. The molecule has 62 heavy (non-hydrogen) atoms. The van der Waals surface area contributed by atoms with E-state index in [9.17, 15) is 28.8 Å². The number of rotatable bonds is 24. The fraction of sp³-hybridized carbons (Fsp3) is 0.375. The van der Waals surface area contributed by atoms with E-state index in [4.69, 9.17) is 18.9 Å². The summed E-state index contributed by atoms with van der Waals surface area (Å²) in [6.45, 7) is 12.4. The Kier molecular flexibility index (Phi) is 19.7. The van der Waals surface area contributed by atoms with E-state index in [1.54, 1.807) is 72.6 Å². The van der Waals surface area contributed by atoms with Crippen molar-refractivity contribution in [3.8, 4) is 5.75 Å². The number of esters is 3. The molecule has 0 saturated heterocycles. The molecule has 0 saturated carbocycles. The van der Waals surface area contributed by atoms with Crippen LogP contribution in [0.1, 0.15) is 61.8 Å². The van der Waals surface area contributed by atoms with Crippen molar-refractivity contribution in [3.63, 3.8) is 0 Å². The Hall–Kier alpha value is -5.96. The summed E-state index contributed by atoms with van der Waals surface area (Å²) in [5, 5.41) is 0.892. The number of likely N-dealkylation sites (N-methyl/N-ethyl adjacent to an activating group) is 2. The molecule has 0 fully saturated rings. The van der Waals surface area contributed by atoms with Gasteiger partial charge in [-0.15, -0.1) is 11.3 Å². The number of fused-ring (bicyclic) bond motifs is 2. The third-order valence-electron chi connectivity index (χ3n) is 10.0. The predicted octanol–water partition coefficient (Wildman–Crippen LogP) is 6.88. The number of Topliss-reactive ketones (excluding diaryl/α,β-unsaturated/α-hetero) is 1. The molecule has 0 radical (unpaired) electrons. The Bertz CT molecular complexity index is 2330. The molecule has 14 heteroatoms. The maximum atomic E-state index is 13.3. The van der Waals surface area contributed by atoms with Crippen LogP contribution in [0, 0.1) is 0 Å². The number of amides is 1. The molecule has 0 aliphatic carbocycles. The van der Waals surface area contributed by atoms with Gasteiger partial charge in [0.2, 0.25) is 0 Å². The van der Waals surface area contributed by atoms with Crippen LogP contribution in [0.25, 0.3) is 20.2 Å². The highest BCUT2D eigenvalue weighted by molar-refractivity contribution is 7.24. The molecule has 1 amide bonds. The van der Waals surface area contributed by atoms with E-state index >= 15 is 0 Å². The average Bonchev–Trinajstić information content (AvgIpc) is 3.27. The highest BCUT2D eigenvalue weighted by Gasteiger charge is 2.19. The normalized spacial score (nSPS) is 12.0. The van der Waals surface area contributed by atoms with E-state index in [2.05, 4.69) is 4.90 Å². The van der Waals surface area contributed by atoms with Crippen LogP contribution in [0.2, 0.25) is 0 Å². The number of carbonyl (C=O) groups is 5. The third kappa shape index (κ3) is 14.3. The molecule has 330 valence electrons. The molecule has 0 unspecified atom stereocenters. The summed E-state index contributed by atoms with van der Waals surface area (Å²) >= 11 is 1.44. The molecule has 1 aromatic heterocycles. The molecule has 3 aromatic carbocycles. The van der Waals surface area contributed by atoms with Gasteiger partial charge in [0.05, 0.1) is 17.5 Å². The van der Waals surface area contributed by atoms with E-state index in [0.29, 0.717) is 58.5 Å². The molecule has 4 aromatic rings. The number of ketones is 1. The number of hydrogen-bond donors (Lipinski definition) is 0. The highest BCUT2D eigenvalue weighted by atomic mass is 32.1. The smallest absolute Gasteiger partial charge is 0.338 e. The van der Waals surface area contributed by atoms with Gasteiger partial charge in [0.1, 0.15) is 25.6 Å². The van der Waals surface area contributed by atoms with Crippen molar-refractivity contribution in [2.24, 2.45) is 0 Å². The highest BCUT2D eigenvalue weighted by Crippen LogP contribution is 2.27. The minimum Gasteiger partial charge on any atom is -0.484 e. The first-order valence-electron chi connectivity index (χ1n) is 20.8. The van der Waals surface area contributed by atoms with Crippen molar-refractivity contribution in [2.75, 3.05) is 79.3 Å². The zero-order valence-electron chi connectivity index (χ0n) is 36.5. The van der Waals surface area contributed by atoms with Crippen LogP contribution in [0.15, 0.2) is 107 Å². The SMILES string of the molecule is C/C=C(\C=C/CC)C(=O)c1ccc(OCC(=O)N(CCOC(=O)/C=C(/C)C(=O)OCCN(C)CCOC(=O)c2cccc3sc4ccccc4c(=O)c23)CCN(CC)CC)cc1. The van der Waals surface area contributed by atoms with E-state index in [1.807, 2.05) is 56.9 Å². The number of allylic oxidation sites excluding steroid dienone is 4. The van der Waals surface area contributed by atoms with Gasteiger partial charge in [0, 0.05) is 63.8 Å². The molecule has 1 heterocycles. The van der Waals surface area contributed by atoms with Crippen molar-refractivity contribution >= 4 is 61.1 Å². The number of hydrogen-bond acceptors (Lipinski definition) is 13. The first kappa shape index (κ1) is 48.7. The van der Waals surface area contributed by atoms with Gasteiger partial charge in [-0.05, 0) is 88.9 Å². The lowest BCUT2D eigenvalue weighted by molar-refractivity contribution is -0.143. The van der Waals surface area contributed by atoms with Crippen molar-refractivity contribution < 1.29 is 42.9 Å². The summed E-state index contributed by atoms with van der Waals surface area (Å²) in [5.41, 5.74) is 1.15. The maximum absolute atomic E-state index is 13.3. The fourth-order valence-electron chi connectivity index (χ4n) is 6.26. The second kappa shape index (κ2) is 25.1. The average molecular weight is 868 g/mol. The Morgan fingerprint density at radius 3 is 2.13 bits per heavy atom. The van der Waals surface area contributed by atoms with Crippen molar-refractivity contribution in [1.82, 2.24) is 14.7 Å². The Balaban J connectivity index is 1.20. The fourth-order valence-corrected chi connectivity index (χ4v) is 7.36. The Morgan fingerprint density at radius 1 is 0.758 bits per heavy atom. The maximum Gasteiger partial charge on any atom is 0.338 e. The van der Waals surface area contributed by atoms with Crippen LogP contribution < -0.4 is 10.2 Å². The van der Waals surface area contributed by atoms with E-state index < -0.39 is 17.9 Å². The molecular weight excluding hydrogens is 811 g/mol. The van der Waals surface area contributed by atoms with Crippen molar-refractivity contribution in [1.29, 1.82) is 0 Å². The summed E-state index contributed by atoms with van der Waals surface area (Å²) < 4.78 is 23.5. The summed E-state index contributed by atoms with van der Waals surface area (Å²) in [4.78, 5) is 83.2. The standard InChI is InChI=1S/C48H57N3O10S/c1-7-11-15-35(8-2)45(54)36-20-22-37(23-21-36)61-33-42(52)51(25-24-50(9-3)10-4)28-31-58-43(53)32-34(5)47(56)59-29-26-49(6)27-30-60-48(57)39-17-14-19-41-44(39)46(55)38-16-12-13-18-40(38)62-41/h8,11-23,32H,7,9-10,24-31,33H2,1-6H3/b15-11-,34-32-,35-8+. The third-order valence-corrected chi connectivity index (χ3v) is 11.2.